The first kappa shape index (κ1) is 16.9. The van der Waals surface area contributed by atoms with Gasteiger partial charge in [0.2, 0.25) is 0 Å². The zero-order valence-corrected chi connectivity index (χ0v) is 12.9. The zero-order chi connectivity index (χ0) is 16.8. The van der Waals surface area contributed by atoms with Gasteiger partial charge in [-0.05, 0) is 37.1 Å². The molecule has 4 nitrogen and oxygen atoms in total. The molecule has 0 bridgehead atoms. The number of para-hydroxylation sites is 1. The summed E-state index contributed by atoms with van der Waals surface area (Å²) in [6.07, 6.45) is 2.34. The summed E-state index contributed by atoms with van der Waals surface area (Å²) >= 11 is 0. The molecule has 0 saturated heterocycles. The molecule has 0 spiro atoms. The van der Waals surface area contributed by atoms with Crippen LogP contribution in [0.25, 0.3) is 0 Å². The number of rotatable bonds is 6. The van der Waals surface area contributed by atoms with Crippen LogP contribution in [0.4, 0.5) is 8.78 Å². The van der Waals surface area contributed by atoms with Gasteiger partial charge in [-0.15, -0.1) is 0 Å². The topological polar surface area (TPSA) is 51.2 Å². The lowest BCUT2D eigenvalue weighted by atomic mass is 10.1. The molecule has 0 aliphatic carbocycles. The molecular weight excluding hydrogens is 302 g/mol. The highest BCUT2D eigenvalue weighted by Crippen LogP contribution is 2.22. The van der Waals surface area contributed by atoms with Crippen molar-refractivity contribution in [3.63, 3.8) is 0 Å². The summed E-state index contributed by atoms with van der Waals surface area (Å²) in [5, 5.41) is 2.81. The number of carbonyl (C=O) groups is 1. The number of aryl methyl sites for hydroxylation is 1. The van der Waals surface area contributed by atoms with Crippen LogP contribution in [0.3, 0.4) is 0 Å². The summed E-state index contributed by atoms with van der Waals surface area (Å²) in [5.41, 5.74) is 1.81. The van der Waals surface area contributed by atoms with Gasteiger partial charge >= 0.3 is 6.61 Å². The van der Waals surface area contributed by atoms with E-state index < -0.39 is 12.5 Å². The highest BCUT2D eigenvalue weighted by Gasteiger charge is 2.19. The molecule has 0 fully saturated rings. The lowest BCUT2D eigenvalue weighted by molar-refractivity contribution is -0.0501. The first-order valence-electron chi connectivity index (χ1n) is 7.28. The first-order chi connectivity index (χ1) is 11.0. The summed E-state index contributed by atoms with van der Waals surface area (Å²) in [4.78, 5) is 16.7. The number of carbonyl (C=O) groups excluding carboxylic acids is 1. The number of alkyl halides is 2. The number of pyridine rings is 1. The van der Waals surface area contributed by atoms with Gasteiger partial charge in [-0.25, -0.2) is 0 Å². The second kappa shape index (κ2) is 7.67. The molecule has 6 heteroatoms. The summed E-state index contributed by atoms with van der Waals surface area (Å²) in [7, 11) is 0. The number of amides is 1. The molecule has 0 saturated carbocycles. The van der Waals surface area contributed by atoms with Crippen LogP contribution in [0, 0.1) is 6.92 Å². The molecule has 1 aromatic carbocycles. The molecule has 1 heterocycles. The van der Waals surface area contributed by atoms with Gasteiger partial charge in [0, 0.05) is 6.20 Å². The van der Waals surface area contributed by atoms with Gasteiger partial charge in [0.1, 0.15) is 5.75 Å². The summed E-state index contributed by atoms with van der Waals surface area (Å²) in [5.74, 6) is -0.623. The van der Waals surface area contributed by atoms with Crippen molar-refractivity contribution in [2.45, 2.75) is 32.9 Å². The van der Waals surface area contributed by atoms with Crippen molar-refractivity contribution in [3.05, 3.63) is 59.4 Å². The van der Waals surface area contributed by atoms with Crippen molar-refractivity contribution in [2.75, 3.05) is 0 Å². The van der Waals surface area contributed by atoms with Crippen molar-refractivity contribution >= 4 is 5.91 Å². The predicted octanol–water partition coefficient (Wildman–Crippen LogP) is 3.87. The second-order valence-corrected chi connectivity index (χ2v) is 5.07. The summed E-state index contributed by atoms with van der Waals surface area (Å²) < 4.78 is 29.3. The first-order valence-corrected chi connectivity index (χ1v) is 7.28. The molecule has 1 atom stereocenters. The van der Waals surface area contributed by atoms with Crippen LogP contribution < -0.4 is 10.1 Å². The molecule has 23 heavy (non-hydrogen) atoms. The number of hydrogen-bond acceptors (Lipinski definition) is 3. The van der Waals surface area contributed by atoms with Crippen LogP contribution in [0.1, 0.15) is 41.0 Å². The highest BCUT2D eigenvalue weighted by molar-refractivity contribution is 5.97. The lowest BCUT2D eigenvalue weighted by Crippen LogP contribution is -2.29. The van der Waals surface area contributed by atoms with Gasteiger partial charge in [0.05, 0.1) is 17.3 Å². The van der Waals surface area contributed by atoms with E-state index in [1.165, 1.54) is 18.2 Å². The van der Waals surface area contributed by atoms with Crippen LogP contribution in [0.15, 0.2) is 42.6 Å². The van der Waals surface area contributed by atoms with E-state index in [4.69, 9.17) is 0 Å². The normalized spacial score (nSPS) is 12.0. The average Bonchev–Trinajstić information content (AvgIpc) is 2.53. The zero-order valence-electron chi connectivity index (χ0n) is 12.9. The van der Waals surface area contributed by atoms with Crippen LogP contribution >= 0.6 is 0 Å². The van der Waals surface area contributed by atoms with E-state index in [0.717, 1.165) is 11.3 Å². The number of hydrogen-bond donors (Lipinski definition) is 1. The Hall–Kier alpha value is -2.50. The number of aromatic nitrogens is 1. The maximum atomic E-state index is 12.4. The molecule has 122 valence electrons. The smallest absolute Gasteiger partial charge is 0.387 e. The van der Waals surface area contributed by atoms with E-state index in [9.17, 15) is 13.6 Å². The van der Waals surface area contributed by atoms with Gasteiger partial charge in [-0.2, -0.15) is 8.78 Å². The Kier molecular flexibility index (Phi) is 5.62. The standard InChI is InChI=1S/C17H18F2N2O2/c1-3-13(14-9-8-11(2)10-20-14)21-16(22)12-6-4-5-7-15(12)23-17(18)19/h4-10,13,17H,3H2,1-2H3,(H,21,22)/t13-/m0/s1. The van der Waals surface area contributed by atoms with Crippen LogP contribution in [0.2, 0.25) is 0 Å². The molecule has 0 aliphatic rings. The monoisotopic (exact) mass is 320 g/mol. The maximum Gasteiger partial charge on any atom is 0.387 e. The van der Waals surface area contributed by atoms with E-state index in [0.29, 0.717) is 6.42 Å². The Morgan fingerprint density at radius 2 is 2.00 bits per heavy atom. The number of benzene rings is 1. The van der Waals surface area contributed by atoms with Crippen molar-refractivity contribution in [2.24, 2.45) is 0 Å². The SMILES string of the molecule is CC[C@H](NC(=O)c1ccccc1OC(F)F)c1ccc(C)cn1. The fourth-order valence-corrected chi connectivity index (χ4v) is 2.16. The summed E-state index contributed by atoms with van der Waals surface area (Å²) in [6.45, 7) is 0.854. The Bertz CT molecular complexity index is 660. The minimum absolute atomic E-state index is 0.0679. The number of ether oxygens (including phenoxy) is 1. The van der Waals surface area contributed by atoms with Gasteiger partial charge in [0.15, 0.2) is 0 Å². The molecule has 0 aliphatic heterocycles. The van der Waals surface area contributed by atoms with Crippen LogP contribution in [-0.2, 0) is 0 Å². The Labute approximate surface area is 133 Å². The van der Waals surface area contributed by atoms with Crippen LogP contribution in [-0.4, -0.2) is 17.5 Å². The van der Waals surface area contributed by atoms with Gasteiger partial charge < -0.3 is 10.1 Å². The van der Waals surface area contributed by atoms with Crippen molar-refractivity contribution in [1.82, 2.24) is 10.3 Å². The van der Waals surface area contributed by atoms with Gasteiger partial charge in [0.25, 0.3) is 5.91 Å². The molecule has 1 aromatic heterocycles. The van der Waals surface area contributed by atoms with E-state index in [-0.39, 0.29) is 17.4 Å². The van der Waals surface area contributed by atoms with E-state index in [1.54, 1.807) is 12.3 Å². The molecule has 0 unspecified atom stereocenters. The van der Waals surface area contributed by atoms with Crippen molar-refractivity contribution in [3.8, 4) is 5.75 Å². The lowest BCUT2D eigenvalue weighted by Gasteiger charge is -2.18. The third-order valence-corrected chi connectivity index (χ3v) is 3.35. The molecule has 1 N–H and O–H groups in total. The maximum absolute atomic E-state index is 12.4. The molecular formula is C17H18F2N2O2. The average molecular weight is 320 g/mol. The Morgan fingerprint density at radius 1 is 1.26 bits per heavy atom. The Morgan fingerprint density at radius 3 is 2.61 bits per heavy atom. The molecule has 1 amide bonds. The Balaban J connectivity index is 2.18. The van der Waals surface area contributed by atoms with Gasteiger partial charge in [-0.3, -0.25) is 9.78 Å². The minimum atomic E-state index is -2.98. The molecule has 0 radical (unpaired) electrons. The largest absolute Gasteiger partial charge is 0.434 e. The molecule has 2 rings (SSSR count). The fourth-order valence-electron chi connectivity index (χ4n) is 2.16. The van der Waals surface area contributed by atoms with Crippen molar-refractivity contribution in [1.29, 1.82) is 0 Å². The van der Waals surface area contributed by atoms with Gasteiger partial charge in [-0.1, -0.05) is 25.1 Å². The van der Waals surface area contributed by atoms with E-state index >= 15 is 0 Å². The van der Waals surface area contributed by atoms with Crippen LogP contribution in [0.5, 0.6) is 5.75 Å². The third-order valence-electron chi connectivity index (χ3n) is 3.35. The van der Waals surface area contributed by atoms with E-state index in [1.807, 2.05) is 26.0 Å². The van der Waals surface area contributed by atoms with Crippen molar-refractivity contribution < 1.29 is 18.3 Å². The predicted molar refractivity (Wildman–Crippen MR) is 82.5 cm³/mol. The minimum Gasteiger partial charge on any atom is -0.434 e. The fraction of sp³-hybridized carbons (Fsp3) is 0.294. The third kappa shape index (κ3) is 4.48. The highest BCUT2D eigenvalue weighted by atomic mass is 19.3. The number of nitrogens with zero attached hydrogens (tertiary/aromatic N) is 1. The summed E-state index contributed by atoms with van der Waals surface area (Å²) in [6, 6.07) is 9.36. The number of halogens is 2. The number of nitrogens with one attached hydrogen (secondary N) is 1. The quantitative estimate of drug-likeness (QED) is 0.879. The van der Waals surface area contributed by atoms with E-state index in [2.05, 4.69) is 15.0 Å². The molecule has 2 aromatic rings. The second-order valence-electron chi connectivity index (χ2n) is 5.07.